The van der Waals surface area contributed by atoms with Crippen molar-refractivity contribution in [3.8, 4) is 5.75 Å². The number of anilines is 2. The number of thioether (sulfide) groups is 1. The molecule has 2 N–H and O–H groups in total. The van der Waals surface area contributed by atoms with Crippen molar-refractivity contribution in [3.63, 3.8) is 0 Å². The average molecular weight is 738 g/mol. The van der Waals surface area contributed by atoms with E-state index in [4.69, 9.17) is 9.47 Å². The Morgan fingerprint density at radius 3 is 2.14 bits per heavy atom. The molecular formula is C39H51N3O7S2. The minimum atomic E-state index is -3.79. The van der Waals surface area contributed by atoms with Gasteiger partial charge in [-0.3, -0.25) is 9.59 Å². The first-order valence-corrected chi connectivity index (χ1v) is 20.6. The Labute approximate surface area is 307 Å². The second-order valence-corrected chi connectivity index (χ2v) is 15.8. The molecule has 0 fully saturated rings. The summed E-state index contributed by atoms with van der Waals surface area (Å²) in [7, 11) is -3.79. The number of hydrogen-bond acceptors (Lipinski definition) is 9. The maximum Gasteiger partial charge on any atom is 0.328 e. The molecule has 3 aromatic rings. The van der Waals surface area contributed by atoms with Gasteiger partial charge in [-0.05, 0) is 56.7 Å². The Hall–Kier alpha value is -4.03. The molecule has 2 atom stereocenters. The van der Waals surface area contributed by atoms with Gasteiger partial charge in [0, 0.05) is 23.7 Å². The molecule has 0 spiro atoms. The van der Waals surface area contributed by atoms with Crippen LogP contribution >= 0.6 is 11.8 Å². The summed E-state index contributed by atoms with van der Waals surface area (Å²) in [6.45, 7) is 7.70. The van der Waals surface area contributed by atoms with Crippen LogP contribution in [0.1, 0.15) is 77.8 Å². The first kappa shape index (κ1) is 39.8. The number of carbonyl (C=O) groups is 3. The minimum absolute atomic E-state index is 0.0208. The number of sulfone groups is 1. The second kappa shape index (κ2) is 18.5. The monoisotopic (exact) mass is 737 g/mol. The van der Waals surface area contributed by atoms with Crippen molar-refractivity contribution in [2.45, 2.75) is 88.1 Å². The van der Waals surface area contributed by atoms with Crippen molar-refractivity contribution in [2.24, 2.45) is 5.41 Å². The summed E-state index contributed by atoms with van der Waals surface area (Å²) in [6, 6.07) is 19.9. The van der Waals surface area contributed by atoms with Gasteiger partial charge in [-0.15, -0.1) is 11.8 Å². The third-order valence-corrected chi connectivity index (χ3v) is 11.9. The molecule has 0 unspecified atom stereocenters. The highest BCUT2D eigenvalue weighted by atomic mass is 32.2. The Kier molecular flexibility index (Phi) is 14.4. The first-order valence-electron chi connectivity index (χ1n) is 17.7. The van der Waals surface area contributed by atoms with Crippen molar-refractivity contribution in [1.82, 2.24) is 10.6 Å². The van der Waals surface area contributed by atoms with E-state index < -0.39 is 51.7 Å². The van der Waals surface area contributed by atoms with Crippen LogP contribution in [-0.4, -0.2) is 64.0 Å². The Morgan fingerprint density at radius 1 is 0.922 bits per heavy atom. The molecule has 12 heteroatoms. The lowest BCUT2D eigenvalue weighted by molar-refractivity contribution is -0.147. The number of esters is 1. The number of ether oxygens (including phenoxy) is 2. The smallest absolute Gasteiger partial charge is 0.328 e. The fraction of sp³-hybridized carbons (Fsp3) is 0.462. The SMILES string of the molecule is CCCCC1(CCCC)CN(c2ccccc2)c2cc(SC)c(OCC(=O)N[C@@H](C(=O)N[C@@H](C)C(=O)OCC)c3ccccc3)cc2S(=O)(=O)C1. The van der Waals surface area contributed by atoms with E-state index in [0.717, 1.165) is 44.2 Å². The third-order valence-electron chi connectivity index (χ3n) is 9.11. The molecule has 1 heterocycles. The van der Waals surface area contributed by atoms with E-state index in [2.05, 4.69) is 29.4 Å². The van der Waals surface area contributed by atoms with Gasteiger partial charge in [-0.25, -0.2) is 13.2 Å². The molecule has 0 bridgehead atoms. The fourth-order valence-corrected chi connectivity index (χ4v) is 9.16. The van der Waals surface area contributed by atoms with Crippen molar-refractivity contribution >= 4 is 50.8 Å². The zero-order valence-electron chi connectivity index (χ0n) is 30.3. The summed E-state index contributed by atoms with van der Waals surface area (Å²) in [5.41, 5.74) is 1.57. The largest absolute Gasteiger partial charge is 0.483 e. The molecule has 0 radical (unpaired) electrons. The van der Waals surface area contributed by atoms with E-state index in [1.54, 1.807) is 43.3 Å². The predicted octanol–water partition coefficient (Wildman–Crippen LogP) is 7.00. The standard InChI is InChI=1S/C39H51N3O7S2/c1-6-9-21-39(22-10-7-2)26-42(30-19-15-12-16-20-30)31-23-33(50-5)32(24-34(31)51(46,47)27-39)49-25-35(43)41-36(29-17-13-11-14-18-29)37(44)40-28(4)38(45)48-8-3/h11-20,23-24,28,36H,6-10,21-22,25-27H2,1-5H3,(H,40,44)(H,41,43)/t28-,36+/m0/s1. The highest BCUT2D eigenvalue weighted by molar-refractivity contribution is 7.98. The number of fused-ring (bicyclic) bond motifs is 1. The summed E-state index contributed by atoms with van der Waals surface area (Å²) >= 11 is 1.39. The van der Waals surface area contributed by atoms with Crippen molar-refractivity contribution < 1.29 is 32.3 Å². The van der Waals surface area contributed by atoms with Crippen LogP contribution in [0.5, 0.6) is 5.75 Å². The van der Waals surface area contributed by atoms with Crippen LogP contribution in [0.25, 0.3) is 0 Å². The zero-order chi connectivity index (χ0) is 37.0. The number of unbranched alkanes of at least 4 members (excludes halogenated alkanes) is 2. The molecule has 10 nitrogen and oxygen atoms in total. The van der Waals surface area contributed by atoms with Gasteiger partial charge < -0.3 is 25.0 Å². The van der Waals surface area contributed by atoms with Gasteiger partial charge in [-0.2, -0.15) is 0 Å². The number of hydrogen-bond donors (Lipinski definition) is 2. The third kappa shape index (κ3) is 10.3. The Balaban J connectivity index is 1.66. The van der Waals surface area contributed by atoms with Gasteiger partial charge >= 0.3 is 5.97 Å². The van der Waals surface area contributed by atoms with E-state index in [1.807, 2.05) is 42.7 Å². The zero-order valence-corrected chi connectivity index (χ0v) is 31.9. The lowest BCUT2D eigenvalue weighted by Crippen LogP contribution is -2.47. The summed E-state index contributed by atoms with van der Waals surface area (Å²) in [5, 5.41) is 5.34. The molecule has 4 rings (SSSR count). The second-order valence-electron chi connectivity index (χ2n) is 13.0. The number of rotatable bonds is 17. The number of carbonyl (C=O) groups excluding carboxylic acids is 3. The van der Waals surface area contributed by atoms with E-state index in [-0.39, 0.29) is 23.0 Å². The highest BCUT2D eigenvalue weighted by Gasteiger charge is 2.42. The molecule has 276 valence electrons. The lowest BCUT2D eigenvalue weighted by atomic mass is 9.79. The van der Waals surface area contributed by atoms with Crippen molar-refractivity contribution in [1.29, 1.82) is 0 Å². The van der Waals surface area contributed by atoms with Crippen LogP contribution in [-0.2, 0) is 29.0 Å². The highest BCUT2D eigenvalue weighted by Crippen LogP contribution is 2.47. The average Bonchev–Trinajstić information content (AvgIpc) is 3.22. The van der Waals surface area contributed by atoms with Crippen LogP contribution < -0.4 is 20.3 Å². The first-order chi connectivity index (χ1) is 24.5. The number of nitrogens with zero attached hydrogens (tertiary/aromatic N) is 1. The van der Waals surface area contributed by atoms with Crippen molar-refractivity contribution in [3.05, 3.63) is 78.4 Å². The topological polar surface area (TPSA) is 131 Å². The van der Waals surface area contributed by atoms with E-state index in [9.17, 15) is 22.8 Å². The molecule has 0 saturated heterocycles. The van der Waals surface area contributed by atoms with Crippen LogP contribution in [0.15, 0.2) is 82.6 Å². The quantitative estimate of drug-likeness (QED) is 0.111. The molecule has 0 aromatic heterocycles. The molecular weight excluding hydrogens is 687 g/mol. The van der Waals surface area contributed by atoms with Gasteiger partial charge in [0.05, 0.1) is 27.8 Å². The molecule has 0 saturated carbocycles. The van der Waals surface area contributed by atoms with Gasteiger partial charge in [0.15, 0.2) is 16.4 Å². The fourth-order valence-electron chi connectivity index (χ4n) is 6.49. The van der Waals surface area contributed by atoms with E-state index in [1.165, 1.54) is 18.7 Å². The van der Waals surface area contributed by atoms with Gasteiger partial charge in [-0.1, -0.05) is 88.1 Å². The molecule has 1 aliphatic heterocycles. The molecule has 1 aliphatic rings. The van der Waals surface area contributed by atoms with E-state index >= 15 is 0 Å². The predicted molar refractivity (Wildman–Crippen MR) is 202 cm³/mol. The van der Waals surface area contributed by atoms with E-state index in [0.29, 0.717) is 22.7 Å². The molecule has 51 heavy (non-hydrogen) atoms. The summed E-state index contributed by atoms with van der Waals surface area (Å²) < 4.78 is 39.9. The van der Waals surface area contributed by atoms with Gasteiger partial charge in [0.1, 0.15) is 17.8 Å². The molecule has 0 aliphatic carbocycles. The van der Waals surface area contributed by atoms with Crippen LogP contribution in [0.3, 0.4) is 0 Å². The van der Waals surface area contributed by atoms with Crippen LogP contribution in [0.4, 0.5) is 11.4 Å². The Bertz CT molecular complexity index is 1730. The van der Waals surface area contributed by atoms with Crippen molar-refractivity contribution in [2.75, 3.05) is 36.7 Å². The number of amides is 2. The lowest BCUT2D eigenvalue weighted by Gasteiger charge is -2.37. The summed E-state index contributed by atoms with van der Waals surface area (Å²) in [5.74, 6) is -1.50. The number of benzene rings is 3. The maximum atomic E-state index is 14.4. The summed E-state index contributed by atoms with van der Waals surface area (Å²) in [4.78, 5) is 41.9. The number of nitrogens with one attached hydrogen (secondary N) is 2. The van der Waals surface area contributed by atoms with Crippen LogP contribution in [0.2, 0.25) is 0 Å². The molecule has 2 amide bonds. The van der Waals surface area contributed by atoms with Crippen LogP contribution in [0, 0.1) is 5.41 Å². The number of para-hydroxylation sites is 1. The van der Waals surface area contributed by atoms with Gasteiger partial charge in [0.25, 0.3) is 5.91 Å². The minimum Gasteiger partial charge on any atom is -0.483 e. The normalized spacial score (nSPS) is 15.8. The summed E-state index contributed by atoms with van der Waals surface area (Å²) in [6.07, 6.45) is 7.28. The Morgan fingerprint density at radius 2 is 1.55 bits per heavy atom. The molecule has 3 aromatic carbocycles. The van der Waals surface area contributed by atoms with Gasteiger partial charge in [0.2, 0.25) is 5.91 Å². The maximum absolute atomic E-state index is 14.4.